The summed E-state index contributed by atoms with van der Waals surface area (Å²) in [5.74, 6) is -0.250. The Balaban J connectivity index is 2.51. The van der Waals surface area contributed by atoms with Gasteiger partial charge in [0.15, 0.2) is 0 Å². The van der Waals surface area contributed by atoms with Crippen molar-refractivity contribution in [3.05, 3.63) is 34.3 Å². The summed E-state index contributed by atoms with van der Waals surface area (Å²) < 4.78 is 0.938. The van der Waals surface area contributed by atoms with Crippen LogP contribution in [0.3, 0.4) is 0 Å². The minimum atomic E-state index is -0.837. The number of halogens is 1. The first-order valence-electron chi connectivity index (χ1n) is 6.18. The van der Waals surface area contributed by atoms with Gasteiger partial charge < -0.3 is 10.4 Å². The molecule has 0 saturated carbocycles. The van der Waals surface area contributed by atoms with Crippen molar-refractivity contribution >= 4 is 39.6 Å². The van der Waals surface area contributed by atoms with Crippen molar-refractivity contribution in [3.8, 4) is 0 Å². The Morgan fingerprint density at radius 1 is 1.40 bits per heavy atom. The minimum absolute atomic E-state index is 0.0604. The SMILES string of the molecule is CC(C)(C(=O)NCCSCC(=O)O)c1cccc(Br)c1. The number of carboxylic acids is 1. The van der Waals surface area contributed by atoms with Gasteiger partial charge in [-0.05, 0) is 31.5 Å². The van der Waals surface area contributed by atoms with Gasteiger partial charge >= 0.3 is 5.97 Å². The van der Waals surface area contributed by atoms with Crippen molar-refractivity contribution < 1.29 is 14.7 Å². The second-order valence-electron chi connectivity index (χ2n) is 4.84. The van der Waals surface area contributed by atoms with E-state index in [2.05, 4.69) is 21.2 Å². The lowest BCUT2D eigenvalue weighted by atomic mass is 9.84. The molecule has 1 amide bonds. The molecule has 1 aromatic rings. The van der Waals surface area contributed by atoms with Crippen LogP contribution in [0, 0.1) is 0 Å². The molecule has 2 N–H and O–H groups in total. The number of nitrogens with one attached hydrogen (secondary N) is 1. The zero-order valence-electron chi connectivity index (χ0n) is 11.5. The Morgan fingerprint density at radius 3 is 2.70 bits per heavy atom. The van der Waals surface area contributed by atoms with Gasteiger partial charge in [0.2, 0.25) is 5.91 Å². The third-order valence-electron chi connectivity index (χ3n) is 2.87. The Labute approximate surface area is 131 Å². The van der Waals surface area contributed by atoms with Gasteiger partial charge in [0.25, 0.3) is 0 Å². The van der Waals surface area contributed by atoms with E-state index >= 15 is 0 Å². The molecule has 1 aromatic carbocycles. The highest BCUT2D eigenvalue weighted by Crippen LogP contribution is 2.25. The molecule has 0 atom stereocenters. The van der Waals surface area contributed by atoms with E-state index in [4.69, 9.17) is 5.11 Å². The molecule has 4 nitrogen and oxygen atoms in total. The lowest BCUT2D eigenvalue weighted by Crippen LogP contribution is -2.41. The van der Waals surface area contributed by atoms with Crippen LogP contribution < -0.4 is 5.32 Å². The fourth-order valence-corrected chi connectivity index (χ4v) is 2.59. The number of amides is 1. The number of hydrogen-bond acceptors (Lipinski definition) is 3. The number of aliphatic carboxylic acids is 1. The van der Waals surface area contributed by atoms with Crippen LogP contribution in [0.2, 0.25) is 0 Å². The number of carbonyl (C=O) groups is 2. The largest absolute Gasteiger partial charge is 0.481 e. The molecule has 20 heavy (non-hydrogen) atoms. The molecule has 1 rings (SSSR count). The van der Waals surface area contributed by atoms with E-state index in [1.165, 1.54) is 11.8 Å². The van der Waals surface area contributed by atoms with E-state index in [0.717, 1.165) is 10.0 Å². The molecule has 0 spiro atoms. The molecule has 0 bridgehead atoms. The van der Waals surface area contributed by atoms with Gasteiger partial charge in [-0.2, -0.15) is 0 Å². The summed E-state index contributed by atoms with van der Waals surface area (Å²) in [6.45, 7) is 4.21. The Hall–Kier alpha value is -1.01. The first-order chi connectivity index (χ1) is 9.34. The maximum absolute atomic E-state index is 12.2. The summed E-state index contributed by atoms with van der Waals surface area (Å²) in [4.78, 5) is 22.6. The van der Waals surface area contributed by atoms with Crippen LogP contribution in [0.4, 0.5) is 0 Å². The molecule has 0 fully saturated rings. The molecular formula is C14H18BrNO3S. The van der Waals surface area contributed by atoms with Crippen LogP contribution in [0.15, 0.2) is 28.7 Å². The Kier molecular flexibility index (Phi) is 6.55. The number of rotatable bonds is 7. The topological polar surface area (TPSA) is 66.4 Å². The van der Waals surface area contributed by atoms with Gasteiger partial charge in [-0.3, -0.25) is 9.59 Å². The van der Waals surface area contributed by atoms with Gasteiger partial charge in [-0.25, -0.2) is 0 Å². The molecule has 110 valence electrons. The van der Waals surface area contributed by atoms with Gasteiger partial charge in [-0.15, -0.1) is 11.8 Å². The number of thioether (sulfide) groups is 1. The summed E-state index contributed by atoms with van der Waals surface area (Å²) in [6, 6.07) is 7.67. The summed E-state index contributed by atoms with van der Waals surface area (Å²) in [6.07, 6.45) is 0. The minimum Gasteiger partial charge on any atom is -0.481 e. The van der Waals surface area contributed by atoms with Crippen LogP contribution in [-0.2, 0) is 15.0 Å². The monoisotopic (exact) mass is 359 g/mol. The lowest BCUT2D eigenvalue weighted by Gasteiger charge is -2.24. The molecule has 0 aliphatic rings. The quantitative estimate of drug-likeness (QED) is 0.734. The normalized spacial score (nSPS) is 11.2. The highest BCUT2D eigenvalue weighted by Gasteiger charge is 2.29. The molecule has 0 unspecified atom stereocenters. The van der Waals surface area contributed by atoms with Crippen LogP contribution >= 0.6 is 27.7 Å². The number of hydrogen-bond donors (Lipinski definition) is 2. The molecule has 0 heterocycles. The average Bonchev–Trinajstić information content (AvgIpc) is 2.37. The summed E-state index contributed by atoms with van der Waals surface area (Å²) in [7, 11) is 0. The van der Waals surface area contributed by atoms with E-state index < -0.39 is 11.4 Å². The van der Waals surface area contributed by atoms with Gasteiger partial charge in [0, 0.05) is 16.8 Å². The summed E-state index contributed by atoms with van der Waals surface area (Å²) >= 11 is 4.69. The summed E-state index contributed by atoms with van der Waals surface area (Å²) in [5, 5.41) is 11.4. The van der Waals surface area contributed by atoms with Crippen molar-refractivity contribution in [1.82, 2.24) is 5.32 Å². The third-order valence-corrected chi connectivity index (χ3v) is 4.31. The van der Waals surface area contributed by atoms with Crippen molar-refractivity contribution in [1.29, 1.82) is 0 Å². The third kappa shape index (κ3) is 5.17. The standard InChI is InChI=1S/C14H18BrNO3S/c1-14(2,10-4-3-5-11(15)8-10)13(19)16-6-7-20-9-12(17)18/h3-5,8H,6-7,9H2,1-2H3,(H,16,19)(H,17,18). The zero-order chi connectivity index (χ0) is 15.2. The first-order valence-corrected chi connectivity index (χ1v) is 8.12. The lowest BCUT2D eigenvalue weighted by molar-refractivity contribution is -0.134. The van der Waals surface area contributed by atoms with Crippen LogP contribution in [0.1, 0.15) is 19.4 Å². The second kappa shape index (κ2) is 7.69. The van der Waals surface area contributed by atoms with E-state index in [9.17, 15) is 9.59 Å². The van der Waals surface area contributed by atoms with Crippen molar-refractivity contribution in [2.75, 3.05) is 18.1 Å². The number of benzene rings is 1. The maximum atomic E-state index is 12.2. The molecule has 0 aromatic heterocycles. The predicted octanol–water partition coefficient (Wildman–Crippen LogP) is 2.66. The number of carbonyl (C=O) groups excluding carboxylic acids is 1. The molecule has 0 aliphatic carbocycles. The van der Waals surface area contributed by atoms with Gasteiger partial charge in [0.1, 0.15) is 0 Å². The van der Waals surface area contributed by atoms with E-state index in [-0.39, 0.29) is 11.7 Å². The fraction of sp³-hybridized carbons (Fsp3) is 0.429. The fourth-order valence-electron chi connectivity index (χ4n) is 1.63. The molecule has 0 radical (unpaired) electrons. The van der Waals surface area contributed by atoms with E-state index in [0.29, 0.717) is 12.3 Å². The molecule has 6 heteroatoms. The van der Waals surface area contributed by atoms with E-state index in [1.807, 2.05) is 38.1 Å². The van der Waals surface area contributed by atoms with Crippen LogP contribution in [0.25, 0.3) is 0 Å². The highest BCUT2D eigenvalue weighted by molar-refractivity contribution is 9.10. The first kappa shape index (κ1) is 17.0. The maximum Gasteiger partial charge on any atom is 0.313 e. The predicted molar refractivity (Wildman–Crippen MR) is 85.1 cm³/mol. The van der Waals surface area contributed by atoms with Crippen molar-refractivity contribution in [3.63, 3.8) is 0 Å². The van der Waals surface area contributed by atoms with Gasteiger partial charge in [0.05, 0.1) is 11.2 Å². The Morgan fingerprint density at radius 2 is 2.10 bits per heavy atom. The Bertz CT molecular complexity index is 491. The molecule has 0 aliphatic heterocycles. The van der Waals surface area contributed by atoms with E-state index in [1.54, 1.807) is 0 Å². The molecule has 0 saturated heterocycles. The number of carboxylic acid groups (broad SMARTS) is 1. The van der Waals surface area contributed by atoms with Crippen molar-refractivity contribution in [2.24, 2.45) is 0 Å². The van der Waals surface area contributed by atoms with Crippen LogP contribution in [-0.4, -0.2) is 35.0 Å². The molecular weight excluding hydrogens is 342 g/mol. The van der Waals surface area contributed by atoms with Crippen LogP contribution in [0.5, 0.6) is 0 Å². The second-order valence-corrected chi connectivity index (χ2v) is 6.86. The van der Waals surface area contributed by atoms with Crippen molar-refractivity contribution in [2.45, 2.75) is 19.3 Å². The zero-order valence-corrected chi connectivity index (χ0v) is 13.9. The van der Waals surface area contributed by atoms with Gasteiger partial charge in [-0.1, -0.05) is 28.1 Å². The highest BCUT2D eigenvalue weighted by atomic mass is 79.9. The summed E-state index contributed by atoms with van der Waals surface area (Å²) in [5.41, 5.74) is 0.309. The smallest absolute Gasteiger partial charge is 0.313 e. The average molecular weight is 360 g/mol.